The van der Waals surface area contributed by atoms with Gasteiger partial charge >= 0.3 is 0 Å². The first-order chi connectivity index (χ1) is 14.2. The van der Waals surface area contributed by atoms with E-state index in [0.29, 0.717) is 13.3 Å². The van der Waals surface area contributed by atoms with Gasteiger partial charge in [-0.1, -0.05) is 36.4 Å². The summed E-state index contributed by atoms with van der Waals surface area (Å²) in [7, 11) is 4.04. The Balaban J connectivity index is 0.00000256. The smallest absolute Gasteiger partial charge is 0.231 e. The van der Waals surface area contributed by atoms with Gasteiger partial charge < -0.3 is 24.4 Å². The van der Waals surface area contributed by atoms with Crippen molar-refractivity contribution in [3.63, 3.8) is 0 Å². The first kappa shape index (κ1) is 22.7. The number of aliphatic imine (C=N–C) groups is 1. The van der Waals surface area contributed by atoms with Gasteiger partial charge in [0, 0.05) is 39.3 Å². The van der Waals surface area contributed by atoms with Gasteiger partial charge in [0.2, 0.25) is 6.79 Å². The van der Waals surface area contributed by atoms with E-state index in [9.17, 15) is 0 Å². The van der Waals surface area contributed by atoms with Crippen LogP contribution in [-0.4, -0.2) is 51.5 Å². The SMILES string of the molecule is CN(C)C(=NCc1ccccc1)NCC1(c2ccc3c(c2)OCO3)CCOCC1.I. The van der Waals surface area contributed by atoms with Gasteiger partial charge in [0.15, 0.2) is 17.5 Å². The van der Waals surface area contributed by atoms with Crippen LogP contribution in [0.1, 0.15) is 24.0 Å². The molecule has 0 bridgehead atoms. The van der Waals surface area contributed by atoms with E-state index in [4.69, 9.17) is 19.2 Å². The predicted octanol–water partition coefficient (Wildman–Crippen LogP) is 3.79. The van der Waals surface area contributed by atoms with Gasteiger partial charge in [-0.15, -0.1) is 24.0 Å². The Kier molecular flexibility index (Phi) is 7.82. The Morgan fingerprint density at radius 3 is 2.50 bits per heavy atom. The molecule has 2 aromatic carbocycles. The summed E-state index contributed by atoms with van der Waals surface area (Å²) in [6, 6.07) is 16.6. The van der Waals surface area contributed by atoms with Crippen molar-refractivity contribution in [3.05, 3.63) is 59.7 Å². The van der Waals surface area contributed by atoms with Gasteiger partial charge in [0.25, 0.3) is 0 Å². The minimum absolute atomic E-state index is 0. The Labute approximate surface area is 195 Å². The summed E-state index contributed by atoms with van der Waals surface area (Å²) in [6.45, 7) is 3.26. The quantitative estimate of drug-likeness (QED) is 0.368. The molecule has 0 radical (unpaired) electrons. The maximum atomic E-state index is 5.67. The van der Waals surface area contributed by atoms with Crippen LogP contribution >= 0.6 is 24.0 Å². The molecular formula is C23H30IN3O3. The van der Waals surface area contributed by atoms with Crippen molar-refractivity contribution < 1.29 is 14.2 Å². The van der Waals surface area contributed by atoms with Crippen LogP contribution in [0.3, 0.4) is 0 Å². The maximum absolute atomic E-state index is 5.67. The van der Waals surface area contributed by atoms with Crippen molar-refractivity contribution in [2.75, 3.05) is 40.6 Å². The molecule has 0 atom stereocenters. The van der Waals surface area contributed by atoms with Crippen LogP contribution in [0.25, 0.3) is 0 Å². The van der Waals surface area contributed by atoms with E-state index in [1.165, 1.54) is 11.1 Å². The first-order valence-corrected chi connectivity index (χ1v) is 10.1. The highest BCUT2D eigenvalue weighted by Crippen LogP contribution is 2.40. The molecule has 0 aromatic heterocycles. The first-order valence-electron chi connectivity index (χ1n) is 10.1. The number of guanidine groups is 1. The van der Waals surface area contributed by atoms with Crippen LogP contribution < -0.4 is 14.8 Å². The number of benzene rings is 2. The number of nitrogens with zero attached hydrogens (tertiary/aromatic N) is 2. The molecule has 0 amide bonds. The highest BCUT2D eigenvalue weighted by Gasteiger charge is 2.36. The lowest BCUT2D eigenvalue weighted by molar-refractivity contribution is 0.0511. The topological polar surface area (TPSA) is 55.3 Å². The lowest BCUT2D eigenvalue weighted by Crippen LogP contribution is -2.47. The Morgan fingerprint density at radius 2 is 1.77 bits per heavy atom. The average Bonchev–Trinajstić information content (AvgIpc) is 3.23. The summed E-state index contributed by atoms with van der Waals surface area (Å²) in [5.74, 6) is 2.54. The molecule has 2 aliphatic heterocycles. The van der Waals surface area contributed by atoms with Gasteiger partial charge in [-0.3, -0.25) is 0 Å². The molecule has 7 heteroatoms. The number of hydrogen-bond donors (Lipinski definition) is 1. The van der Waals surface area contributed by atoms with Gasteiger partial charge in [-0.2, -0.15) is 0 Å². The molecule has 0 saturated carbocycles. The van der Waals surface area contributed by atoms with E-state index >= 15 is 0 Å². The molecule has 30 heavy (non-hydrogen) atoms. The minimum Gasteiger partial charge on any atom is -0.454 e. The number of fused-ring (bicyclic) bond motifs is 1. The molecule has 162 valence electrons. The molecular weight excluding hydrogens is 493 g/mol. The number of halogens is 1. The van der Waals surface area contributed by atoms with Gasteiger partial charge in [0.1, 0.15) is 0 Å². The molecule has 0 aliphatic carbocycles. The maximum Gasteiger partial charge on any atom is 0.231 e. The van der Waals surface area contributed by atoms with Gasteiger partial charge in [0.05, 0.1) is 6.54 Å². The lowest BCUT2D eigenvalue weighted by Gasteiger charge is -2.38. The second-order valence-corrected chi connectivity index (χ2v) is 7.83. The molecule has 6 nitrogen and oxygen atoms in total. The summed E-state index contributed by atoms with van der Waals surface area (Å²) >= 11 is 0. The van der Waals surface area contributed by atoms with Crippen LogP contribution in [-0.2, 0) is 16.7 Å². The van der Waals surface area contributed by atoms with Gasteiger partial charge in [-0.25, -0.2) is 4.99 Å². The summed E-state index contributed by atoms with van der Waals surface area (Å²) in [5, 5.41) is 3.61. The van der Waals surface area contributed by atoms with E-state index in [2.05, 4.69) is 29.6 Å². The van der Waals surface area contributed by atoms with Crippen LogP contribution in [0.15, 0.2) is 53.5 Å². The Morgan fingerprint density at radius 1 is 1.03 bits per heavy atom. The molecule has 1 saturated heterocycles. The standard InChI is InChI=1S/C23H29N3O3.HI/c1-26(2)22(24-15-18-6-4-3-5-7-18)25-16-23(10-12-27-13-11-23)19-8-9-20-21(14-19)29-17-28-20;/h3-9,14H,10-13,15-17H2,1-2H3,(H,24,25);1H. The van der Waals surface area contributed by atoms with Crippen molar-refractivity contribution in [2.24, 2.45) is 4.99 Å². The molecule has 2 heterocycles. The van der Waals surface area contributed by atoms with Crippen LogP contribution in [0.2, 0.25) is 0 Å². The third-order valence-electron chi connectivity index (χ3n) is 5.70. The zero-order valence-corrected chi connectivity index (χ0v) is 19.9. The normalized spacial score (nSPS) is 17.2. The van der Waals surface area contributed by atoms with E-state index in [1.54, 1.807) is 0 Å². The van der Waals surface area contributed by atoms with Crippen molar-refractivity contribution in [3.8, 4) is 11.5 Å². The largest absolute Gasteiger partial charge is 0.454 e. The number of nitrogens with one attached hydrogen (secondary N) is 1. The molecule has 1 N–H and O–H groups in total. The van der Waals surface area contributed by atoms with E-state index in [0.717, 1.165) is 50.1 Å². The summed E-state index contributed by atoms with van der Waals surface area (Å²) in [6.07, 6.45) is 1.91. The molecule has 2 aliphatic rings. The Hall–Kier alpha value is -2.00. The molecule has 1 fully saturated rings. The second-order valence-electron chi connectivity index (χ2n) is 7.83. The lowest BCUT2D eigenvalue weighted by atomic mass is 9.74. The van der Waals surface area contributed by atoms with Crippen molar-refractivity contribution in [2.45, 2.75) is 24.8 Å². The highest BCUT2D eigenvalue weighted by atomic mass is 127. The fourth-order valence-electron chi connectivity index (χ4n) is 3.91. The summed E-state index contributed by atoms with van der Waals surface area (Å²) < 4.78 is 16.8. The van der Waals surface area contributed by atoms with E-state index in [-0.39, 0.29) is 29.4 Å². The zero-order valence-electron chi connectivity index (χ0n) is 17.6. The fraction of sp³-hybridized carbons (Fsp3) is 0.435. The average molecular weight is 523 g/mol. The third kappa shape index (κ3) is 5.18. The number of hydrogen-bond acceptors (Lipinski definition) is 4. The van der Waals surface area contributed by atoms with Crippen LogP contribution in [0.4, 0.5) is 0 Å². The highest BCUT2D eigenvalue weighted by molar-refractivity contribution is 14.0. The zero-order chi connectivity index (χ0) is 20.1. The fourth-order valence-corrected chi connectivity index (χ4v) is 3.91. The van der Waals surface area contributed by atoms with Crippen molar-refractivity contribution >= 4 is 29.9 Å². The monoisotopic (exact) mass is 523 g/mol. The second kappa shape index (κ2) is 10.3. The van der Waals surface area contributed by atoms with E-state index in [1.807, 2.05) is 43.3 Å². The minimum atomic E-state index is -0.0250. The van der Waals surface area contributed by atoms with Crippen molar-refractivity contribution in [1.29, 1.82) is 0 Å². The summed E-state index contributed by atoms with van der Waals surface area (Å²) in [5.41, 5.74) is 2.44. The van der Waals surface area contributed by atoms with Crippen LogP contribution in [0, 0.1) is 0 Å². The molecule has 0 spiro atoms. The molecule has 2 aromatic rings. The number of rotatable bonds is 5. The Bertz CT molecular complexity index is 852. The molecule has 0 unspecified atom stereocenters. The number of ether oxygens (including phenoxy) is 3. The van der Waals surface area contributed by atoms with Gasteiger partial charge in [-0.05, 0) is 36.1 Å². The summed E-state index contributed by atoms with van der Waals surface area (Å²) in [4.78, 5) is 6.85. The third-order valence-corrected chi connectivity index (χ3v) is 5.70. The van der Waals surface area contributed by atoms with Crippen LogP contribution in [0.5, 0.6) is 11.5 Å². The molecule has 4 rings (SSSR count). The predicted molar refractivity (Wildman–Crippen MR) is 129 cm³/mol. The van der Waals surface area contributed by atoms with Crippen molar-refractivity contribution in [1.82, 2.24) is 10.2 Å². The van der Waals surface area contributed by atoms with E-state index < -0.39 is 0 Å².